The van der Waals surface area contributed by atoms with Crippen LogP contribution in [0.15, 0.2) is 83.5 Å². The van der Waals surface area contributed by atoms with Crippen LogP contribution < -0.4 is 0 Å². The Labute approximate surface area is 201 Å². The molecule has 0 N–H and O–H groups in total. The number of aromatic nitrogens is 1. The number of rotatable bonds is 5. The summed E-state index contributed by atoms with van der Waals surface area (Å²) >= 11 is 7.02. The van der Waals surface area contributed by atoms with E-state index in [2.05, 4.69) is 42.5 Å². The second-order valence-electron chi connectivity index (χ2n) is 8.79. The Morgan fingerprint density at radius 1 is 0.939 bits per heavy atom. The maximum atomic E-state index is 7.02. The molecule has 0 saturated heterocycles. The minimum Gasteiger partial charge on any atom is -0.381 e. The molecule has 5 rings (SSSR count). The summed E-state index contributed by atoms with van der Waals surface area (Å²) in [7, 11) is 0. The second kappa shape index (κ2) is 10.5. The Morgan fingerprint density at radius 3 is 2.48 bits per heavy atom. The lowest BCUT2D eigenvalue weighted by atomic mass is 9.88. The fraction of sp³-hybridized carbons (Fsp3) is 0.310. The summed E-state index contributed by atoms with van der Waals surface area (Å²) in [5, 5.41) is 0.697. The van der Waals surface area contributed by atoms with Gasteiger partial charge in [-0.15, -0.1) is 0 Å². The summed E-state index contributed by atoms with van der Waals surface area (Å²) in [6, 6.07) is 20.8. The number of ether oxygens (including phenoxy) is 1. The average molecular weight is 457 g/mol. The average Bonchev–Trinajstić information content (AvgIpc) is 2.84. The Kier molecular flexibility index (Phi) is 6.99. The molecule has 2 aromatic carbocycles. The zero-order chi connectivity index (χ0) is 22.5. The van der Waals surface area contributed by atoms with Gasteiger partial charge in [-0.05, 0) is 44.1 Å². The number of benzene rings is 2. The molecule has 1 unspecified atom stereocenters. The van der Waals surface area contributed by atoms with Gasteiger partial charge in [-0.1, -0.05) is 83.9 Å². The van der Waals surface area contributed by atoms with Gasteiger partial charge in [0.15, 0.2) is 0 Å². The third-order valence-corrected chi connectivity index (χ3v) is 6.84. The molecule has 2 aliphatic heterocycles. The van der Waals surface area contributed by atoms with Crippen LogP contribution in [-0.2, 0) is 11.2 Å². The van der Waals surface area contributed by atoms with E-state index in [-0.39, 0.29) is 6.04 Å². The van der Waals surface area contributed by atoms with Crippen LogP contribution in [0.4, 0.5) is 0 Å². The van der Waals surface area contributed by atoms with E-state index in [4.69, 9.17) is 26.3 Å². The molecule has 0 amide bonds. The highest BCUT2D eigenvalue weighted by molar-refractivity contribution is 6.38. The van der Waals surface area contributed by atoms with E-state index in [1.807, 2.05) is 30.5 Å². The molecule has 0 fully saturated rings. The van der Waals surface area contributed by atoms with E-state index in [0.717, 1.165) is 79.8 Å². The molecule has 0 bridgehead atoms. The van der Waals surface area contributed by atoms with Crippen molar-refractivity contribution in [3.05, 3.63) is 100 Å². The van der Waals surface area contributed by atoms with Crippen LogP contribution in [0, 0.1) is 0 Å². The highest BCUT2D eigenvalue weighted by Crippen LogP contribution is 2.36. The lowest BCUT2D eigenvalue weighted by Crippen LogP contribution is -2.23. The molecule has 0 spiro atoms. The zero-order valence-corrected chi connectivity index (χ0v) is 19.6. The maximum absolute atomic E-state index is 7.02. The first-order valence-electron chi connectivity index (χ1n) is 11.9. The quantitative estimate of drug-likeness (QED) is 0.385. The Hall–Kier alpha value is -2.75. The largest absolute Gasteiger partial charge is 0.381 e. The molecule has 3 nitrogen and oxygen atoms in total. The van der Waals surface area contributed by atoms with Crippen LogP contribution >= 0.6 is 11.6 Å². The van der Waals surface area contributed by atoms with Gasteiger partial charge >= 0.3 is 0 Å². The fourth-order valence-corrected chi connectivity index (χ4v) is 5.16. The maximum Gasteiger partial charge on any atom is 0.0895 e. The van der Waals surface area contributed by atoms with Gasteiger partial charge in [-0.3, -0.25) is 9.98 Å². The van der Waals surface area contributed by atoms with Crippen LogP contribution in [0.25, 0.3) is 11.3 Å². The van der Waals surface area contributed by atoms with Crippen LogP contribution in [-0.4, -0.2) is 30.0 Å². The van der Waals surface area contributed by atoms with Crippen molar-refractivity contribution in [1.82, 2.24) is 4.98 Å². The van der Waals surface area contributed by atoms with Gasteiger partial charge in [-0.25, -0.2) is 0 Å². The van der Waals surface area contributed by atoms with E-state index in [1.54, 1.807) is 5.57 Å². The summed E-state index contributed by atoms with van der Waals surface area (Å²) in [6.45, 7) is 1.71. The molecular weight excluding hydrogens is 428 g/mol. The van der Waals surface area contributed by atoms with Crippen molar-refractivity contribution in [2.45, 2.75) is 44.6 Å². The molecule has 33 heavy (non-hydrogen) atoms. The van der Waals surface area contributed by atoms with E-state index in [1.165, 1.54) is 5.56 Å². The van der Waals surface area contributed by atoms with E-state index < -0.39 is 0 Å². The molecule has 3 heterocycles. The number of halogens is 1. The highest BCUT2D eigenvalue weighted by Gasteiger charge is 2.27. The topological polar surface area (TPSA) is 34.5 Å². The van der Waals surface area contributed by atoms with Gasteiger partial charge in [0, 0.05) is 29.5 Å². The minimum absolute atomic E-state index is 0.232. The Bertz CT molecular complexity index is 1150. The molecule has 2 aliphatic rings. The lowest BCUT2D eigenvalue weighted by Gasteiger charge is -2.26. The van der Waals surface area contributed by atoms with Gasteiger partial charge in [0.25, 0.3) is 0 Å². The molecule has 168 valence electrons. The standard InChI is InChI=1S/C29H29ClN2O/c30-27-26-24(20-31-29(27)23-13-5-2-6-14-23)19-25(32-28(26)22-11-3-1-4-12-22)16-15-21-9-7-17-33-18-8-10-21/h1-6,9,11-14,20,25H,7-8,10,15-19H2/b21-9-. The van der Waals surface area contributed by atoms with Crippen molar-refractivity contribution < 1.29 is 4.74 Å². The van der Waals surface area contributed by atoms with E-state index in [0.29, 0.717) is 5.02 Å². The third-order valence-electron chi connectivity index (χ3n) is 6.48. The van der Waals surface area contributed by atoms with Crippen molar-refractivity contribution in [2.75, 3.05) is 13.2 Å². The van der Waals surface area contributed by atoms with Gasteiger partial charge in [0.05, 0.1) is 29.1 Å². The van der Waals surface area contributed by atoms with Crippen LogP contribution in [0.2, 0.25) is 5.02 Å². The van der Waals surface area contributed by atoms with Gasteiger partial charge in [0.2, 0.25) is 0 Å². The predicted octanol–water partition coefficient (Wildman–Crippen LogP) is 7.07. The normalized spacial score (nSPS) is 20.1. The highest BCUT2D eigenvalue weighted by atomic mass is 35.5. The van der Waals surface area contributed by atoms with Crippen LogP contribution in [0.3, 0.4) is 0 Å². The number of hydrogen-bond donors (Lipinski definition) is 0. The molecule has 1 atom stereocenters. The number of aliphatic imine (C=N–C) groups is 1. The monoisotopic (exact) mass is 456 g/mol. The fourth-order valence-electron chi connectivity index (χ4n) is 4.79. The van der Waals surface area contributed by atoms with Crippen molar-refractivity contribution in [3.8, 4) is 11.3 Å². The summed E-state index contributed by atoms with van der Waals surface area (Å²) in [4.78, 5) is 10.1. The molecule has 0 aliphatic carbocycles. The van der Waals surface area contributed by atoms with Gasteiger partial charge < -0.3 is 4.74 Å². The van der Waals surface area contributed by atoms with Crippen molar-refractivity contribution in [2.24, 2.45) is 4.99 Å². The van der Waals surface area contributed by atoms with Crippen molar-refractivity contribution in [1.29, 1.82) is 0 Å². The summed E-state index contributed by atoms with van der Waals surface area (Å²) < 4.78 is 5.59. The Morgan fingerprint density at radius 2 is 1.70 bits per heavy atom. The molecule has 4 heteroatoms. The van der Waals surface area contributed by atoms with Gasteiger partial charge in [0.1, 0.15) is 0 Å². The number of pyridine rings is 1. The van der Waals surface area contributed by atoms with Crippen LogP contribution in [0.5, 0.6) is 0 Å². The smallest absolute Gasteiger partial charge is 0.0895 e. The summed E-state index contributed by atoms with van der Waals surface area (Å²) in [6.07, 6.45) is 10.7. The van der Waals surface area contributed by atoms with Gasteiger partial charge in [-0.2, -0.15) is 0 Å². The number of nitrogens with zero attached hydrogens (tertiary/aromatic N) is 2. The first-order valence-corrected chi connectivity index (χ1v) is 12.3. The molecule has 0 radical (unpaired) electrons. The first-order chi connectivity index (χ1) is 16.3. The minimum atomic E-state index is 0.232. The zero-order valence-electron chi connectivity index (χ0n) is 18.8. The first kappa shape index (κ1) is 22.1. The predicted molar refractivity (Wildman–Crippen MR) is 136 cm³/mol. The SMILES string of the molecule is Clc1c(-c2ccccc2)ncc2c1C(c1ccccc1)=NC(CC/C1=C\CCOCCC1)C2. The number of allylic oxidation sites excluding steroid dienone is 1. The van der Waals surface area contributed by atoms with Crippen LogP contribution in [0.1, 0.15) is 48.8 Å². The summed E-state index contributed by atoms with van der Waals surface area (Å²) in [5.41, 5.74) is 7.73. The molecule has 3 aromatic rings. The molecular formula is C29H29ClN2O. The second-order valence-corrected chi connectivity index (χ2v) is 9.17. The van der Waals surface area contributed by atoms with E-state index >= 15 is 0 Å². The Balaban J connectivity index is 1.48. The molecule has 0 saturated carbocycles. The number of hydrogen-bond acceptors (Lipinski definition) is 3. The van der Waals surface area contributed by atoms with E-state index in [9.17, 15) is 0 Å². The molecule has 1 aromatic heterocycles. The lowest BCUT2D eigenvalue weighted by molar-refractivity contribution is 0.133. The van der Waals surface area contributed by atoms with Crippen molar-refractivity contribution >= 4 is 17.3 Å². The third kappa shape index (κ3) is 5.10. The number of fused-ring (bicyclic) bond motifs is 1. The van der Waals surface area contributed by atoms with Crippen molar-refractivity contribution in [3.63, 3.8) is 0 Å². The summed E-state index contributed by atoms with van der Waals surface area (Å²) in [5.74, 6) is 0.